The number of amides is 3. The molecule has 3 amide bonds. The molecular formula is C16H20F4N4O4S. The summed E-state index contributed by atoms with van der Waals surface area (Å²) in [5.41, 5.74) is 0. The number of hydrogen-bond donors (Lipinski definition) is 2. The Morgan fingerprint density at radius 1 is 1.03 bits per heavy atom. The summed E-state index contributed by atoms with van der Waals surface area (Å²) in [6.07, 6.45) is -4.20. The summed E-state index contributed by atoms with van der Waals surface area (Å²) in [7, 11) is -3.83. The van der Waals surface area contributed by atoms with Gasteiger partial charge in [-0.25, -0.2) is 17.6 Å². The Morgan fingerprint density at radius 3 is 2.31 bits per heavy atom. The molecule has 2 rings (SSSR count). The fourth-order valence-electron chi connectivity index (χ4n) is 2.70. The molecular weight excluding hydrogens is 420 g/mol. The topological polar surface area (TPSA) is 98.8 Å². The second kappa shape index (κ2) is 9.50. The van der Waals surface area contributed by atoms with Gasteiger partial charge in [-0.15, -0.1) is 0 Å². The maximum atomic E-state index is 13.0. The second-order valence-corrected chi connectivity index (χ2v) is 8.27. The smallest absolute Gasteiger partial charge is 0.329 e. The Labute approximate surface area is 164 Å². The molecule has 1 heterocycles. The molecule has 0 bridgehead atoms. The van der Waals surface area contributed by atoms with Gasteiger partial charge in [-0.3, -0.25) is 15.0 Å². The van der Waals surface area contributed by atoms with Gasteiger partial charge < -0.3 is 5.32 Å². The molecule has 0 aliphatic carbocycles. The number of carbonyl (C=O) groups is 2. The van der Waals surface area contributed by atoms with E-state index in [2.05, 4.69) is 0 Å². The van der Waals surface area contributed by atoms with E-state index in [0.717, 1.165) is 12.1 Å². The van der Waals surface area contributed by atoms with Crippen molar-refractivity contribution in [1.29, 1.82) is 0 Å². The Morgan fingerprint density at radius 2 is 1.69 bits per heavy atom. The number of rotatable bonds is 5. The fourth-order valence-corrected chi connectivity index (χ4v) is 4.16. The van der Waals surface area contributed by atoms with Gasteiger partial charge in [-0.1, -0.05) is 0 Å². The van der Waals surface area contributed by atoms with Crippen LogP contribution in [0.4, 0.5) is 22.4 Å². The van der Waals surface area contributed by atoms with Crippen molar-refractivity contribution in [2.45, 2.75) is 17.5 Å². The van der Waals surface area contributed by atoms with Gasteiger partial charge in [0.05, 0.1) is 11.4 Å². The van der Waals surface area contributed by atoms with Crippen LogP contribution in [0.1, 0.15) is 6.42 Å². The lowest BCUT2D eigenvalue weighted by Crippen LogP contribution is -2.47. The first-order chi connectivity index (χ1) is 13.5. The van der Waals surface area contributed by atoms with Crippen molar-refractivity contribution < 1.29 is 35.6 Å². The van der Waals surface area contributed by atoms with E-state index in [4.69, 9.17) is 0 Å². The van der Waals surface area contributed by atoms with E-state index < -0.39 is 40.5 Å². The minimum Gasteiger partial charge on any atom is -0.329 e. The molecule has 29 heavy (non-hydrogen) atoms. The number of imide groups is 1. The van der Waals surface area contributed by atoms with Crippen LogP contribution in [0.2, 0.25) is 0 Å². The van der Waals surface area contributed by atoms with Crippen molar-refractivity contribution in [3.8, 4) is 0 Å². The number of halogens is 4. The van der Waals surface area contributed by atoms with E-state index in [1.807, 2.05) is 0 Å². The van der Waals surface area contributed by atoms with Gasteiger partial charge in [0.2, 0.25) is 15.9 Å². The Bertz CT molecular complexity index is 830. The van der Waals surface area contributed by atoms with Gasteiger partial charge in [0.15, 0.2) is 0 Å². The third kappa shape index (κ3) is 7.25. The quantitative estimate of drug-likeness (QED) is 0.664. The van der Waals surface area contributed by atoms with Crippen molar-refractivity contribution in [2.24, 2.45) is 0 Å². The molecule has 1 fully saturated rings. The summed E-state index contributed by atoms with van der Waals surface area (Å²) in [5, 5.41) is 3.32. The van der Waals surface area contributed by atoms with E-state index in [0.29, 0.717) is 13.0 Å². The number of nitrogens with zero attached hydrogens (tertiary/aromatic N) is 2. The standard InChI is InChI=1S/C16H20F4N4O4S/c17-12-2-4-13(5-3-12)29(27,28)24-7-1-6-23(8-9-24)10-14(25)22-15(26)21-11-16(18,19)20/h2-5H,1,6-11H2,(H2,21,22,25,26). The highest BCUT2D eigenvalue weighted by molar-refractivity contribution is 7.89. The van der Waals surface area contributed by atoms with Crippen LogP contribution in [0.15, 0.2) is 29.2 Å². The van der Waals surface area contributed by atoms with Crippen molar-refractivity contribution in [2.75, 3.05) is 39.3 Å². The Kier molecular flexibility index (Phi) is 7.54. The predicted octanol–water partition coefficient (Wildman–Crippen LogP) is 0.910. The van der Waals surface area contributed by atoms with Gasteiger partial charge in [0, 0.05) is 19.6 Å². The molecule has 13 heteroatoms. The van der Waals surface area contributed by atoms with E-state index >= 15 is 0 Å². The summed E-state index contributed by atoms with van der Waals surface area (Å²) >= 11 is 0. The molecule has 0 radical (unpaired) electrons. The highest BCUT2D eigenvalue weighted by atomic mass is 32.2. The molecule has 0 spiro atoms. The largest absolute Gasteiger partial charge is 0.405 e. The van der Waals surface area contributed by atoms with Gasteiger partial charge in [0.25, 0.3) is 0 Å². The number of urea groups is 1. The summed E-state index contributed by atoms with van der Waals surface area (Å²) in [5.74, 6) is -1.37. The molecule has 162 valence electrons. The van der Waals surface area contributed by atoms with Crippen LogP contribution in [0.3, 0.4) is 0 Å². The number of alkyl halides is 3. The molecule has 0 saturated carbocycles. The lowest BCUT2D eigenvalue weighted by atomic mass is 10.4. The Hall–Kier alpha value is -2.25. The number of nitrogens with one attached hydrogen (secondary N) is 2. The van der Waals surface area contributed by atoms with Gasteiger partial charge >= 0.3 is 12.2 Å². The molecule has 1 aromatic carbocycles. The molecule has 0 unspecified atom stereocenters. The summed E-state index contributed by atoms with van der Waals surface area (Å²) in [4.78, 5) is 24.7. The SMILES string of the molecule is O=C(CN1CCCN(S(=O)(=O)c2ccc(F)cc2)CC1)NC(=O)NCC(F)(F)F. The average molecular weight is 440 g/mol. The van der Waals surface area contributed by atoms with Gasteiger partial charge in [0.1, 0.15) is 12.4 Å². The van der Waals surface area contributed by atoms with Crippen molar-refractivity contribution in [3.05, 3.63) is 30.1 Å². The minimum absolute atomic E-state index is 0.0496. The van der Waals surface area contributed by atoms with Gasteiger partial charge in [-0.2, -0.15) is 17.5 Å². The fraction of sp³-hybridized carbons (Fsp3) is 0.500. The zero-order valence-corrected chi connectivity index (χ0v) is 16.0. The third-order valence-electron chi connectivity index (χ3n) is 4.07. The van der Waals surface area contributed by atoms with Crippen LogP contribution in [0, 0.1) is 5.82 Å². The molecule has 1 aliphatic heterocycles. The first-order valence-electron chi connectivity index (χ1n) is 8.60. The van der Waals surface area contributed by atoms with Crippen LogP contribution in [-0.2, 0) is 14.8 Å². The van der Waals surface area contributed by atoms with Gasteiger partial charge in [-0.05, 0) is 37.2 Å². The molecule has 1 saturated heterocycles. The van der Waals surface area contributed by atoms with Crippen LogP contribution in [0.25, 0.3) is 0 Å². The van der Waals surface area contributed by atoms with E-state index in [1.165, 1.54) is 21.8 Å². The summed E-state index contributed by atoms with van der Waals surface area (Å²) in [6, 6.07) is 3.17. The van der Waals surface area contributed by atoms with Crippen LogP contribution >= 0.6 is 0 Å². The van der Waals surface area contributed by atoms with E-state index in [9.17, 15) is 35.6 Å². The second-order valence-electron chi connectivity index (χ2n) is 6.33. The molecule has 1 aromatic rings. The average Bonchev–Trinajstić information content (AvgIpc) is 2.86. The first-order valence-corrected chi connectivity index (χ1v) is 10.0. The lowest BCUT2D eigenvalue weighted by Gasteiger charge is -2.21. The Balaban J connectivity index is 1.87. The number of benzene rings is 1. The number of hydrogen-bond acceptors (Lipinski definition) is 5. The van der Waals surface area contributed by atoms with Crippen LogP contribution in [0.5, 0.6) is 0 Å². The van der Waals surface area contributed by atoms with Crippen molar-refractivity contribution >= 4 is 22.0 Å². The molecule has 1 aliphatic rings. The molecule has 0 aromatic heterocycles. The zero-order valence-electron chi connectivity index (χ0n) is 15.2. The first kappa shape index (κ1) is 23.0. The normalized spacial score (nSPS) is 16.8. The van der Waals surface area contributed by atoms with Crippen molar-refractivity contribution in [3.63, 3.8) is 0 Å². The summed E-state index contributed by atoms with van der Waals surface area (Å²) < 4.78 is 75.6. The van der Waals surface area contributed by atoms with Crippen molar-refractivity contribution in [1.82, 2.24) is 19.8 Å². The monoisotopic (exact) mass is 440 g/mol. The zero-order chi connectivity index (χ0) is 21.7. The molecule has 2 N–H and O–H groups in total. The number of carbonyl (C=O) groups excluding carboxylic acids is 2. The molecule has 8 nitrogen and oxygen atoms in total. The highest BCUT2D eigenvalue weighted by Gasteiger charge is 2.29. The number of sulfonamides is 1. The maximum Gasteiger partial charge on any atom is 0.405 e. The highest BCUT2D eigenvalue weighted by Crippen LogP contribution is 2.18. The maximum absolute atomic E-state index is 13.0. The van der Waals surface area contributed by atoms with Crippen LogP contribution in [-0.4, -0.2) is 75.0 Å². The third-order valence-corrected chi connectivity index (χ3v) is 5.98. The predicted molar refractivity (Wildman–Crippen MR) is 93.8 cm³/mol. The summed E-state index contributed by atoms with van der Waals surface area (Å²) in [6.45, 7) is -1.06. The van der Waals surface area contributed by atoms with E-state index in [-0.39, 0.29) is 31.1 Å². The molecule has 0 atom stereocenters. The minimum atomic E-state index is -4.59. The van der Waals surface area contributed by atoms with Crippen LogP contribution < -0.4 is 10.6 Å². The van der Waals surface area contributed by atoms with E-state index in [1.54, 1.807) is 10.2 Å². The lowest BCUT2D eigenvalue weighted by molar-refractivity contribution is -0.125.